The molecule has 92 valence electrons. The smallest absolute Gasteiger partial charge is 0.277 e. The Balaban J connectivity index is 2.00. The summed E-state index contributed by atoms with van der Waals surface area (Å²) in [5.41, 5.74) is 9.13. The van der Waals surface area contributed by atoms with E-state index in [1.807, 2.05) is 25.1 Å². The zero-order chi connectivity index (χ0) is 12.7. The summed E-state index contributed by atoms with van der Waals surface area (Å²) in [7, 11) is 0. The van der Waals surface area contributed by atoms with Crippen molar-refractivity contribution < 1.29 is 4.79 Å². The first kappa shape index (κ1) is 11.2. The molecule has 1 aromatic heterocycles. The summed E-state index contributed by atoms with van der Waals surface area (Å²) in [4.78, 5) is 18.4. The number of aryl methyl sites for hydroxylation is 1. The van der Waals surface area contributed by atoms with Gasteiger partial charge in [0.2, 0.25) is 0 Å². The minimum Gasteiger partial charge on any atom is -0.397 e. The van der Waals surface area contributed by atoms with Gasteiger partial charge in [-0.15, -0.1) is 11.3 Å². The highest BCUT2D eigenvalue weighted by Gasteiger charge is 2.28. The Hall–Kier alpha value is -1.88. The van der Waals surface area contributed by atoms with Crippen molar-refractivity contribution in [1.82, 2.24) is 4.98 Å². The number of carbonyl (C=O) groups excluding carboxylic acids is 1. The van der Waals surface area contributed by atoms with E-state index in [-0.39, 0.29) is 5.91 Å². The predicted molar refractivity (Wildman–Crippen MR) is 73.1 cm³/mol. The number of anilines is 2. The summed E-state index contributed by atoms with van der Waals surface area (Å²) in [6.45, 7) is 2.58. The number of carbonyl (C=O) groups is 1. The molecule has 3 rings (SSSR count). The fourth-order valence-corrected chi connectivity index (χ4v) is 2.88. The number of nitrogen functional groups attached to an aromatic ring is 1. The van der Waals surface area contributed by atoms with Gasteiger partial charge in [0, 0.05) is 11.9 Å². The molecule has 1 aliphatic rings. The molecule has 0 radical (unpaired) electrons. The topological polar surface area (TPSA) is 59.2 Å². The van der Waals surface area contributed by atoms with Gasteiger partial charge in [0.25, 0.3) is 5.91 Å². The fourth-order valence-electron chi connectivity index (χ4n) is 2.29. The van der Waals surface area contributed by atoms with Crippen LogP contribution in [0.3, 0.4) is 0 Å². The molecule has 0 saturated carbocycles. The molecule has 18 heavy (non-hydrogen) atoms. The van der Waals surface area contributed by atoms with E-state index in [0.717, 1.165) is 22.7 Å². The SMILES string of the molecule is Cc1nc(C(=O)N2CCc3cccc(N)c32)cs1. The van der Waals surface area contributed by atoms with Crippen LogP contribution in [0.25, 0.3) is 0 Å². The van der Waals surface area contributed by atoms with Crippen LogP contribution in [0, 0.1) is 6.92 Å². The molecule has 1 aliphatic heterocycles. The van der Waals surface area contributed by atoms with Gasteiger partial charge in [-0.25, -0.2) is 4.98 Å². The van der Waals surface area contributed by atoms with E-state index in [2.05, 4.69) is 4.98 Å². The van der Waals surface area contributed by atoms with E-state index in [4.69, 9.17) is 5.73 Å². The number of para-hydroxylation sites is 1. The minimum atomic E-state index is -0.0593. The van der Waals surface area contributed by atoms with Gasteiger partial charge in [0.1, 0.15) is 5.69 Å². The van der Waals surface area contributed by atoms with Crippen LogP contribution < -0.4 is 10.6 Å². The molecule has 0 unspecified atom stereocenters. The van der Waals surface area contributed by atoms with E-state index in [1.165, 1.54) is 11.3 Å². The lowest BCUT2D eigenvalue weighted by molar-refractivity contribution is 0.0985. The lowest BCUT2D eigenvalue weighted by Gasteiger charge is -2.17. The largest absolute Gasteiger partial charge is 0.397 e. The molecule has 0 aliphatic carbocycles. The van der Waals surface area contributed by atoms with Crippen molar-refractivity contribution in [2.45, 2.75) is 13.3 Å². The summed E-state index contributed by atoms with van der Waals surface area (Å²) in [6, 6.07) is 5.77. The second kappa shape index (κ2) is 4.10. The van der Waals surface area contributed by atoms with Gasteiger partial charge in [-0.1, -0.05) is 12.1 Å². The first-order chi connectivity index (χ1) is 8.66. The van der Waals surface area contributed by atoms with Crippen LogP contribution in [0.5, 0.6) is 0 Å². The number of nitrogens with zero attached hydrogens (tertiary/aromatic N) is 2. The van der Waals surface area contributed by atoms with E-state index in [1.54, 1.807) is 10.3 Å². The molecule has 4 nitrogen and oxygen atoms in total. The molecule has 1 aromatic carbocycles. The second-order valence-electron chi connectivity index (χ2n) is 4.31. The van der Waals surface area contributed by atoms with Crippen molar-refractivity contribution in [3.8, 4) is 0 Å². The first-order valence-corrected chi connectivity index (χ1v) is 6.66. The van der Waals surface area contributed by atoms with E-state index >= 15 is 0 Å². The number of hydrogen-bond donors (Lipinski definition) is 1. The number of rotatable bonds is 1. The van der Waals surface area contributed by atoms with Crippen LogP contribution in [0.1, 0.15) is 21.1 Å². The van der Waals surface area contributed by atoms with Crippen LogP contribution in [0.15, 0.2) is 23.6 Å². The average Bonchev–Trinajstić information content (AvgIpc) is 2.95. The highest BCUT2D eigenvalue weighted by Crippen LogP contribution is 2.34. The molecule has 2 heterocycles. The number of aromatic nitrogens is 1. The van der Waals surface area contributed by atoms with Gasteiger partial charge >= 0.3 is 0 Å². The van der Waals surface area contributed by atoms with Crippen LogP contribution in [0.4, 0.5) is 11.4 Å². The lowest BCUT2D eigenvalue weighted by atomic mass is 10.1. The maximum Gasteiger partial charge on any atom is 0.277 e. The van der Waals surface area contributed by atoms with Crippen molar-refractivity contribution >= 4 is 28.6 Å². The average molecular weight is 259 g/mol. The Labute approximate surface area is 109 Å². The molecule has 2 aromatic rings. The Morgan fingerprint density at radius 2 is 2.33 bits per heavy atom. The monoisotopic (exact) mass is 259 g/mol. The third-order valence-corrected chi connectivity index (χ3v) is 3.88. The normalized spacial score (nSPS) is 13.7. The molecular weight excluding hydrogens is 246 g/mol. The second-order valence-corrected chi connectivity index (χ2v) is 5.38. The van der Waals surface area contributed by atoms with Crippen molar-refractivity contribution in [3.05, 3.63) is 39.8 Å². The summed E-state index contributed by atoms with van der Waals surface area (Å²) >= 11 is 1.49. The zero-order valence-corrected chi connectivity index (χ0v) is 10.8. The maximum atomic E-state index is 12.4. The number of amides is 1. The summed E-state index contributed by atoms with van der Waals surface area (Å²) in [5, 5.41) is 2.70. The van der Waals surface area contributed by atoms with E-state index in [0.29, 0.717) is 17.9 Å². The van der Waals surface area contributed by atoms with Gasteiger partial charge in [0.05, 0.1) is 16.4 Å². The highest BCUT2D eigenvalue weighted by molar-refractivity contribution is 7.09. The van der Waals surface area contributed by atoms with Crippen LogP contribution in [-0.2, 0) is 6.42 Å². The number of thiazole rings is 1. The fraction of sp³-hybridized carbons (Fsp3) is 0.231. The summed E-state index contributed by atoms with van der Waals surface area (Å²) in [6.07, 6.45) is 0.856. The minimum absolute atomic E-state index is 0.0593. The van der Waals surface area contributed by atoms with Gasteiger partial charge < -0.3 is 10.6 Å². The molecule has 0 spiro atoms. The number of fused-ring (bicyclic) bond motifs is 1. The third kappa shape index (κ3) is 1.67. The molecule has 1 amide bonds. The van der Waals surface area contributed by atoms with Crippen molar-refractivity contribution in [1.29, 1.82) is 0 Å². The Morgan fingerprint density at radius 3 is 3.06 bits per heavy atom. The van der Waals surface area contributed by atoms with Crippen LogP contribution >= 0.6 is 11.3 Å². The zero-order valence-electron chi connectivity index (χ0n) is 10.0. The quantitative estimate of drug-likeness (QED) is 0.799. The van der Waals surface area contributed by atoms with Gasteiger partial charge in [-0.2, -0.15) is 0 Å². The lowest BCUT2D eigenvalue weighted by Crippen LogP contribution is -2.29. The molecule has 2 N–H and O–H groups in total. The number of nitrogens with two attached hydrogens (primary N) is 1. The Kier molecular flexibility index (Phi) is 2.56. The molecule has 0 bridgehead atoms. The predicted octanol–water partition coefficient (Wildman–Crippen LogP) is 2.24. The number of hydrogen-bond acceptors (Lipinski definition) is 4. The van der Waals surface area contributed by atoms with Crippen molar-refractivity contribution in [3.63, 3.8) is 0 Å². The Bertz CT molecular complexity index is 620. The molecule has 0 saturated heterocycles. The molecule has 5 heteroatoms. The maximum absolute atomic E-state index is 12.4. The van der Waals surface area contributed by atoms with E-state index in [9.17, 15) is 4.79 Å². The molecule has 0 fully saturated rings. The van der Waals surface area contributed by atoms with Gasteiger partial charge in [-0.05, 0) is 25.0 Å². The van der Waals surface area contributed by atoms with Crippen LogP contribution in [0.2, 0.25) is 0 Å². The standard InChI is InChI=1S/C13H13N3OS/c1-8-15-11(7-18-8)13(17)16-6-5-9-3-2-4-10(14)12(9)16/h2-4,7H,5-6,14H2,1H3. The van der Waals surface area contributed by atoms with Crippen molar-refractivity contribution in [2.24, 2.45) is 0 Å². The number of benzene rings is 1. The Morgan fingerprint density at radius 1 is 1.50 bits per heavy atom. The van der Waals surface area contributed by atoms with Gasteiger partial charge in [0.15, 0.2) is 0 Å². The highest BCUT2D eigenvalue weighted by atomic mass is 32.1. The summed E-state index contributed by atoms with van der Waals surface area (Å²) < 4.78 is 0. The van der Waals surface area contributed by atoms with Crippen molar-refractivity contribution in [2.75, 3.05) is 17.2 Å². The molecule has 0 atom stereocenters. The van der Waals surface area contributed by atoms with Gasteiger partial charge in [-0.3, -0.25) is 4.79 Å². The van der Waals surface area contributed by atoms with E-state index < -0.39 is 0 Å². The first-order valence-electron chi connectivity index (χ1n) is 5.78. The third-order valence-electron chi connectivity index (χ3n) is 3.11. The summed E-state index contributed by atoms with van der Waals surface area (Å²) in [5.74, 6) is -0.0593. The van der Waals surface area contributed by atoms with Crippen LogP contribution in [-0.4, -0.2) is 17.4 Å². The molecular formula is C13H13N3OS.